The lowest BCUT2D eigenvalue weighted by Gasteiger charge is -2.07. The molecule has 0 unspecified atom stereocenters. The van der Waals surface area contributed by atoms with Crippen LogP contribution >= 0.6 is 11.6 Å². The van der Waals surface area contributed by atoms with E-state index in [1.54, 1.807) is 24.3 Å². The van der Waals surface area contributed by atoms with Gasteiger partial charge in [-0.2, -0.15) is 0 Å². The molecule has 4 nitrogen and oxygen atoms in total. The maximum absolute atomic E-state index is 13.1. The highest BCUT2D eigenvalue weighted by molar-refractivity contribution is 6.31. The Balaban J connectivity index is 1.67. The molecule has 2 aromatic rings. The van der Waals surface area contributed by atoms with Crippen LogP contribution in [-0.2, 0) is 0 Å². The van der Waals surface area contributed by atoms with Crippen molar-refractivity contribution < 1.29 is 14.0 Å². The summed E-state index contributed by atoms with van der Waals surface area (Å²) < 4.78 is 13.1. The molecule has 3 rings (SSSR count). The number of benzene rings is 2. The van der Waals surface area contributed by atoms with Gasteiger partial charge in [-0.05, 0) is 55.3 Å². The summed E-state index contributed by atoms with van der Waals surface area (Å²) in [5.74, 6) is -1.04. The fraction of sp³-hybridized carbons (Fsp3) is 0.176. The summed E-state index contributed by atoms with van der Waals surface area (Å²) in [7, 11) is 0. The molecular formula is C17H14ClFN2O2. The Labute approximate surface area is 137 Å². The van der Waals surface area contributed by atoms with Crippen molar-refractivity contribution in [2.24, 2.45) is 0 Å². The molecule has 0 saturated heterocycles. The van der Waals surface area contributed by atoms with E-state index in [4.69, 9.17) is 11.6 Å². The lowest BCUT2D eigenvalue weighted by atomic mass is 10.1. The molecule has 0 spiro atoms. The third-order valence-corrected chi connectivity index (χ3v) is 3.79. The first-order chi connectivity index (χ1) is 11.0. The van der Waals surface area contributed by atoms with Crippen LogP contribution in [0.3, 0.4) is 0 Å². The predicted octanol–water partition coefficient (Wildman–Crippen LogP) is 3.62. The predicted molar refractivity (Wildman–Crippen MR) is 86.3 cm³/mol. The monoisotopic (exact) mass is 332 g/mol. The van der Waals surface area contributed by atoms with Gasteiger partial charge in [0.25, 0.3) is 11.8 Å². The van der Waals surface area contributed by atoms with Gasteiger partial charge in [0, 0.05) is 22.9 Å². The van der Waals surface area contributed by atoms with Gasteiger partial charge in [-0.15, -0.1) is 0 Å². The standard InChI is InChI=1S/C17H14ClFN2O2/c18-14-9-13(7-8-15(14)19)21-17(23)11-3-1-10(2-4-11)16(22)20-12-5-6-12/h1-4,7-9,12H,5-6H2,(H,20,22)(H,21,23). The number of rotatable bonds is 4. The second-order valence-corrected chi connectivity index (χ2v) is 5.82. The van der Waals surface area contributed by atoms with Crippen molar-refractivity contribution in [3.63, 3.8) is 0 Å². The fourth-order valence-electron chi connectivity index (χ4n) is 2.05. The Morgan fingerprint density at radius 3 is 2.17 bits per heavy atom. The van der Waals surface area contributed by atoms with E-state index in [1.165, 1.54) is 18.2 Å². The number of halogens is 2. The summed E-state index contributed by atoms with van der Waals surface area (Å²) in [6.45, 7) is 0. The van der Waals surface area contributed by atoms with Crippen molar-refractivity contribution in [2.45, 2.75) is 18.9 Å². The Morgan fingerprint density at radius 1 is 1.00 bits per heavy atom. The van der Waals surface area contributed by atoms with Crippen LogP contribution in [0.4, 0.5) is 10.1 Å². The molecule has 23 heavy (non-hydrogen) atoms. The van der Waals surface area contributed by atoms with Gasteiger partial charge < -0.3 is 10.6 Å². The van der Waals surface area contributed by atoms with Crippen LogP contribution in [0, 0.1) is 5.82 Å². The lowest BCUT2D eigenvalue weighted by molar-refractivity contribution is 0.0949. The van der Waals surface area contributed by atoms with E-state index in [9.17, 15) is 14.0 Å². The van der Waals surface area contributed by atoms with Crippen LogP contribution in [0.2, 0.25) is 5.02 Å². The molecule has 0 atom stereocenters. The maximum atomic E-state index is 13.1. The molecular weight excluding hydrogens is 319 g/mol. The van der Waals surface area contributed by atoms with E-state index in [0.29, 0.717) is 16.8 Å². The van der Waals surface area contributed by atoms with Gasteiger partial charge in [-0.3, -0.25) is 9.59 Å². The molecule has 1 fully saturated rings. The molecule has 2 N–H and O–H groups in total. The average molecular weight is 333 g/mol. The van der Waals surface area contributed by atoms with E-state index in [-0.39, 0.29) is 22.9 Å². The number of carbonyl (C=O) groups excluding carboxylic acids is 2. The highest BCUT2D eigenvalue weighted by atomic mass is 35.5. The topological polar surface area (TPSA) is 58.2 Å². The number of carbonyl (C=O) groups is 2. The first-order valence-corrected chi connectivity index (χ1v) is 7.58. The average Bonchev–Trinajstić information content (AvgIpc) is 3.35. The zero-order valence-corrected chi connectivity index (χ0v) is 12.9. The van der Waals surface area contributed by atoms with Crippen molar-refractivity contribution in [3.8, 4) is 0 Å². The highest BCUT2D eigenvalue weighted by Gasteiger charge is 2.23. The molecule has 1 aliphatic carbocycles. The Hall–Kier alpha value is -2.40. The van der Waals surface area contributed by atoms with Crippen LogP contribution in [-0.4, -0.2) is 17.9 Å². The molecule has 0 bridgehead atoms. The van der Waals surface area contributed by atoms with E-state index < -0.39 is 5.82 Å². The third-order valence-electron chi connectivity index (χ3n) is 3.50. The zero-order valence-electron chi connectivity index (χ0n) is 12.1. The molecule has 6 heteroatoms. The Kier molecular flexibility index (Phi) is 4.30. The SMILES string of the molecule is O=C(Nc1ccc(F)c(Cl)c1)c1ccc(C(=O)NC2CC2)cc1. The third kappa shape index (κ3) is 3.87. The number of nitrogens with one attached hydrogen (secondary N) is 2. The van der Waals surface area contributed by atoms with Crippen molar-refractivity contribution in [1.29, 1.82) is 0 Å². The quantitative estimate of drug-likeness (QED) is 0.898. The minimum atomic E-state index is -0.546. The van der Waals surface area contributed by atoms with Gasteiger partial charge in [0.05, 0.1) is 5.02 Å². The second kappa shape index (κ2) is 6.38. The molecule has 0 heterocycles. The van der Waals surface area contributed by atoms with Gasteiger partial charge in [0.2, 0.25) is 0 Å². The summed E-state index contributed by atoms with van der Waals surface area (Å²) in [5, 5.41) is 5.45. The van der Waals surface area contributed by atoms with Crippen molar-refractivity contribution in [3.05, 3.63) is 64.4 Å². The molecule has 0 radical (unpaired) electrons. The summed E-state index contributed by atoms with van der Waals surface area (Å²) in [4.78, 5) is 24.0. The number of amides is 2. The van der Waals surface area contributed by atoms with Gasteiger partial charge in [-0.25, -0.2) is 4.39 Å². The van der Waals surface area contributed by atoms with Crippen molar-refractivity contribution in [1.82, 2.24) is 5.32 Å². The summed E-state index contributed by atoms with van der Waals surface area (Å²) in [5.41, 5.74) is 1.31. The molecule has 0 aromatic heterocycles. The van der Waals surface area contributed by atoms with Crippen LogP contribution in [0.5, 0.6) is 0 Å². The smallest absolute Gasteiger partial charge is 0.255 e. The normalized spacial score (nSPS) is 13.5. The van der Waals surface area contributed by atoms with Gasteiger partial charge >= 0.3 is 0 Å². The lowest BCUT2D eigenvalue weighted by Crippen LogP contribution is -2.25. The van der Waals surface area contributed by atoms with Gasteiger partial charge in [0.1, 0.15) is 5.82 Å². The molecule has 1 saturated carbocycles. The minimum absolute atomic E-state index is 0.0603. The van der Waals surface area contributed by atoms with Crippen LogP contribution in [0.1, 0.15) is 33.6 Å². The number of anilines is 1. The van der Waals surface area contributed by atoms with Crippen LogP contribution in [0.25, 0.3) is 0 Å². The maximum Gasteiger partial charge on any atom is 0.255 e. The van der Waals surface area contributed by atoms with E-state index >= 15 is 0 Å². The first-order valence-electron chi connectivity index (χ1n) is 7.20. The van der Waals surface area contributed by atoms with Crippen LogP contribution < -0.4 is 10.6 Å². The molecule has 2 aromatic carbocycles. The largest absolute Gasteiger partial charge is 0.349 e. The number of hydrogen-bond donors (Lipinski definition) is 2. The fourth-order valence-corrected chi connectivity index (χ4v) is 2.23. The van der Waals surface area contributed by atoms with E-state index in [2.05, 4.69) is 10.6 Å². The van der Waals surface area contributed by atoms with Crippen molar-refractivity contribution >= 4 is 29.1 Å². The number of hydrogen-bond acceptors (Lipinski definition) is 2. The summed E-state index contributed by atoms with van der Waals surface area (Å²) >= 11 is 5.67. The Morgan fingerprint density at radius 2 is 1.61 bits per heavy atom. The zero-order chi connectivity index (χ0) is 16.4. The van der Waals surface area contributed by atoms with E-state index in [1.807, 2.05) is 0 Å². The van der Waals surface area contributed by atoms with Gasteiger partial charge in [0.15, 0.2) is 0 Å². The molecule has 118 valence electrons. The molecule has 2 amide bonds. The van der Waals surface area contributed by atoms with Crippen LogP contribution in [0.15, 0.2) is 42.5 Å². The Bertz CT molecular complexity index is 758. The summed E-state index contributed by atoms with van der Waals surface area (Å²) in [6.07, 6.45) is 2.04. The van der Waals surface area contributed by atoms with E-state index in [0.717, 1.165) is 12.8 Å². The second-order valence-electron chi connectivity index (χ2n) is 5.41. The molecule has 0 aliphatic heterocycles. The van der Waals surface area contributed by atoms with Crippen molar-refractivity contribution in [2.75, 3.05) is 5.32 Å². The molecule has 1 aliphatic rings. The minimum Gasteiger partial charge on any atom is -0.349 e. The first kappa shape index (κ1) is 15.5. The van der Waals surface area contributed by atoms with Gasteiger partial charge in [-0.1, -0.05) is 11.6 Å². The summed E-state index contributed by atoms with van der Waals surface area (Å²) in [6, 6.07) is 10.6. The highest BCUT2D eigenvalue weighted by Crippen LogP contribution is 2.21.